The molecule has 164 valence electrons. The van der Waals surface area contributed by atoms with Gasteiger partial charge in [0.05, 0.1) is 19.6 Å². The van der Waals surface area contributed by atoms with E-state index >= 15 is 0 Å². The second-order valence-electron chi connectivity index (χ2n) is 8.46. The fourth-order valence-electron chi connectivity index (χ4n) is 4.43. The molecule has 4 rings (SSSR count). The van der Waals surface area contributed by atoms with Gasteiger partial charge < -0.3 is 14.4 Å². The number of rotatable bonds is 4. The first-order chi connectivity index (χ1) is 15.0. The largest absolute Gasteiger partial charge is 0.491 e. The molecule has 1 fully saturated rings. The predicted octanol–water partition coefficient (Wildman–Crippen LogP) is 3.41. The van der Waals surface area contributed by atoms with Gasteiger partial charge in [-0.05, 0) is 62.7 Å². The number of nitrogens with zero attached hydrogens (tertiary/aromatic N) is 2. The third-order valence-corrected chi connectivity index (χ3v) is 6.19. The van der Waals surface area contributed by atoms with Gasteiger partial charge >= 0.3 is 5.97 Å². The van der Waals surface area contributed by atoms with E-state index in [9.17, 15) is 9.59 Å². The summed E-state index contributed by atoms with van der Waals surface area (Å²) in [7, 11) is 1.46. The van der Waals surface area contributed by atoms with Crippen LogP contribution in [0, 0.1) is 12.8 Å². The number of methoxy groups -OCH3 is 1. The summed E-state index contributed by atoms with van der Waals surface area (Å²) in [5.41, 5.74) is 4.04. The number of hydrogen-bond acceptors (Lipinski definition) is 5. The molecule has 2 aromatic carbocycles. The molecule has 0 atom stereocenters. The summed E-state index contributed by atoms with van der Waals surface area (Å²) in [6.45, 7) is 6.19. The fraction of sp³-hybridized carbons (Fsp3) is 0.440. The molecule has 0 aromatic heterocycles. The van der Waals surface area contributed by atoms with Crippen LogP contribution in [0.1, 0.15) is 39.9 Å². The number of hydrogen-bond donors (Lipinski definition) is 0. The van der Waals surface area contributed by atoms with Crippen molar-refractivity contribution in [2.45, 2.75) is 32.9 Å². The van der Waals surface area contributed by atoms with Crippen LogP contribution in [-0.2, 0) is 22.6 Å². The lowest BCUT2D eigenvalue weighted by molar-refractivity contribution is -0.147. The molecule has 0 bridgehead atoms. The molecule has 0 saturated carbocycles. The molecule has 31 heavy (non-hydrogen) atoms. The van der Waals surface area contributed by atoms with Crippen LogP contribution in [0.4, 0.5) is 0 Å². The van der Waals surface area contributed by atoms with Crippen molar-refractivity contribution in [1.82, 2.24) is 9.80 Å². The van der Waals surface area contributed by atoms with E-state index in [2.05, 4.69) is 17.0 Å². The lowest BCUT2D eigenvalue weighted by Gasteiger charge is -2.30. The summed E-state index contributed by atoms with van der Waals surface area (Å²) in [4.78, 5) is 29.0. The fourth-order valence-corrected chi connectivity index (χ4v) is 4.43. The van der Waals surface area contributed by atoms with Crippen LogP contribution in [0.15, 0.2) is 42.5 Å². The maximum Gasteiger partial charge on any atom is 0.308 e. The molecular weight excluding hydrogens is 392 g/mol. The summed E-state index contributed by atoms with van der Waals surface area (Å²) in [5, 5.41) is 0. The maximum absolute atomic E-state index is 13.1. The van der Waals surface area contributed by atoms with Gasteiger partial charge in [-0.1, -0.05) is 23.8 Å². The van der Waals surface area contributed by atoms with Crippen molar-refractivity contribution in [2.24, 2.45) is 5.92 Å². The van der Waals surface area contributed by atoms with Gasteiger partial charge in [0, 0.05) is 24.2 Å². The highest BCUT2D eigenvalue weighted by atomic mass is 16.5. The second kappa shape index (κ2) is 9.52. The van der Waals surface area contributed by atoms with Gasteiger partial charge in [-0.15, -0.1) is 0 Å². The minimum absolute atomic E-state index is 0.0166. The van der Waals surface area contributed by atoms with Crippen LogP contribution in [-0.4, -0.2) is 55.0 Å². The molecule has 0 radical (unpaired) electrons. The van der Waals surface area contributed by atoms with E-state index in [-0.39, 0.29) is 17.8 Å². The molecule has 0 spiro atoms. The highest BCUT2D eigenvalue weighted by molar-refractivity contribution is 5.94. The first-order valence-corrected chi connectivity index (χ1v) is 10.9. The van der Waals surface area contributed by atoms with E-state index in [0.717, 1.165) is 49.4 Å². The highest BCUT2D eigenvalue weighted by Gasteiger charge is 2.26. The molecule has 1 amide bonds. The van der Waals surface area contributed by atoms with Crippen LogP contribution in [0.5, 0.6) is 5.75 Å². The van der Waals surface area contributed by atoms with Crippen molar-refractivity contribution in [3.8, 4) is 5.75 Å². The summed E-state index contributed by atoms with van der Waals surface area (Å²) in [5.74, 6) is 0.811. The molecule has 0 aliphatic carbocycles. The Balaban J connectivity index is 1.43. The zero-order valence-corrected chi connectivity index (χ0v) is 18.3. The number of carbonyl (C=O) groups is 2. The summed E-state index contributed by atoms with van der Waals surface area (Å²) < 4.78 is 10.8. The molecule has 2 aromatic rings. The Kier molecular flexibility index (Phi) is 6.56. The van der Waals surface area contributed by atoms with E-state index in [1.54, 1.807) is 0 Å². The lowest BCUT2D eigenvalue weighted by atomic mass is 9.96. The molecule has 2 aliphatic rings. The van der Waals surface area contributed by atoms with Gasteiger partial charge in [0.1, 0.15) is 12.4 Å². The minimum Gasteiger partial charge on any atom is -0.491 e. The normalized spacial score (nSPS) is 17.4. The van der Waals surface area contributed by atoms with Crippen molar-refractivity contribution in [3.05, 3.63) is 64.7 Å². The SMILES string of the molecule is COC(=O)C1CCN(Cc2ccc3c(c2)CN(C(=O)c2cccc(C)c2)CCO3)CC1. The molecule has 6 nitrogen and oxygen atoms in total. The highest BCUT2D eigenvalue weighted by Crippen LogP contribution is 2.27. The molecule has 1 saturated heterocycles. The number of fused-ring (bicyclic) bond motifs is 1. The van der Waals surface area contributed by atoms with Gasteiger partial charge in [0.2, 0.25) is 0 Å². The summed E-state index contributed by atoms with van der Waals surface area (Å²) in [6, 6.07) is 14.0. The third-order valence-electron chi connectivity index (χ3n) is 6.19. The van der Waals surface area contributed by atoms with E-state index in [1.807, 2.05) is 42.2 Å². The second-order valence-corrected chi connectivity index (χ2v) is 8.46. The van der Waals surface area contributed by atoms with Gasteiger partial charge in [-0.25, -0.2) is 0 Å². The van der Waals surface area contributed by atoms with Gasteiger partial charge in [0.25, 0.3) is 5.91 Å². The first kappa shape index (κ1) is 21.4. The Morgan fingerprint density at radius 1 is 1.10 bits per heavy atom. The standard InChI is InChI=1S/C25H30N2O4/c1-18-4-3-5-21(14-18)24(28)27-12-13-31-23-7-6-19(15-22(23)17-27)16-26-10-8-20(9-11-26)25(29)30-2/h3-7,14-15,20H,8-13,16-17H2,1-2H3. The molecule has 0 N–H and O–H groups in total. The zero-order chi connectivity index (χ0) is 21.8. The van der Waals surface area contributed by atoms with Crippen molar-refractivity contribution in [1.29, 1.82) is 0 Å². The van der Waals surface area contributed by atoms with Crippen molar-refractivity contribution in [3.63, 3.8) is 0 Å². The van der Waals surface area contributed by atoms with Crippen molar-refractivity contribution in [2.75, 3.05) is 33.4 Å². The molecular formula is C25H30N2O4. The molecule has 0 unspecified atom stereocenters. The monoisotopic (exact) mass is 422 g/mol. The van der Waals surface area contributed by atoms with Gasteiger partial charge in [0.15, 0.2) is 0 Å². The quantitative estimate of drug-likeness (QED) is 0.707. The van der Waals surface area contributed by atoms with E-state index in [1.165, 1.54) is 12.7 Å². The topological polar surface area (TPSA) is 59.1 Å². The molecule has 6 heteroatoms. The Hall–Kier alpha value is -2.86. The number of carbonyl (C=O) groups excluding carboxylic acids is 2. The van der Waals surface area contributed by atoms with E-state index in [0.29, 0.717) is 25.3 Å². The third kappa shape index (κ3) is 5.07. The van der Waals surface area contributed by atoms with Crippen LogP contribution >= 0.6 is 0 Å². The van der Waals surface area contributed by atoms with Crippen LogP contribution in [0.25, 0.3) is 0 Å². The zero-order valence-electron chi connectivity index (χ0n) is 18.3. The number of amides is 1. The number of aryl methyl sites for hydroxylation is 1. The summed E-state index contributed by atoms with van der Waals surface area (Å²) >= 11 is 0. The maximum atomic E-state index is 13.1. The number of esters is 1. The molecule has 2 heterocycles. The number of ether oxygens (including phenoxy) is 2. The van der Waals surface area contributed by atoms with E-state index < -0.39 is 0 Å². The van der Waals surface area contributed by atoms with E-state index in [4.69, 9.17) is 9.47 Å². The average molecular weight is 423 g/mol. The predicted molar refractivity (Wildman–Crippen MR) is 118 cm³/mol. The van der Waals surface area contributed by atoms with Crippen molar-refractivity contribution >= 4 is 11.9 Å². The summed E-state index contributed by atoms with van der Waals surface area (Å²) in [6.07, 6.45) is 1.67. The van der Waals surface area contributed by atoms with Gasteiger partial charge in [-0.3, -0.25) is 14.5 Å². The van der Waals surface area contributed by atoms with Crippen molar-refractivity contribution < 1.29 is 19.1 Å². The first-order valence-electron chi connectivity index (χ1n) is 10.9. The number of benzene rings is 2. The number of piperidine rings is 1. The number of likely N-dealkylation sites (tertiary alicyclic amines) is 1. The Labute approximate surface area is 183 Å². The minimum atomic E-state index is -0.0970. The van der Waals surface area contributed by atoms with Crippen LogP contribution in [0.2, 0.25) is 0 Å². The average Bonchev–Trinajstić information content (AvgIpc) is 3.00. The Morgan fingerprint density at radius 3 is 2.65 bits per heavy atom. The Morgan fingerprint density at radius 2 is 1.90 bits per heavy atom. The smallest absolute Gasteiger partial charge is 0.308 e. The van der Waals surface area contributed by atoms with Crippen LogP contribution in [0.3, 0.4) is 0 Å². The van der Waals surface area contributed by atoms with Gasteiger partial charge in [-0.2, -0.15) is 0 Å². The lowest BCUT2D eigenvalue weighted by Crippen LogP contribution is -2.36. The molecule has 2 aliphatic heterocycles. The Bertz CT molecular complexity index is 950. The van der Waals surface area contributed by atoms with Crippen LogP contribution < -0.4 is 4.74 Å².